The summed E-state index contributed by atoms with van der Waals surface area (Å²) in [6.07, 6.45) is 5.42. The van der Waals surface area contributed by atoms with Crippen LogP contribution in [0.15, 0.2) is 42.5 Å². The molecule has 1 aromatic heterocycles. The van der Waals surface area contributed by atoms with Gasteiger partial charge in [-0.1, -0.05) is 24.1 Å². The fourth-order valence-corrected chi connectivity index (χ4v) is 4.05. The average molecular weight is 400 g/mol. The standard InChI is InChI=1S/C24H24N4O2/c1-4-17-5-7-18(8-6-17)13-27-12-16(3)28-22(24(27)30)11-21(26-28)23-19(14-29)9-15(2)10-20(23)25/h1,5-11,16,29H,12-14,25H2,2-3H3. The third kappa shape index (κ3) is 3.44. The van der Waals surface area contributed by atoms with Crippen molar-refractivity contribution in [1.29, 1.82) is 0 Å². The molecule has 0 spiro atoms. The molecule has 3 N–H and O–H groups in total. The first-order valence-corrected chi connectivity index (χ1v) is 9.86. The molecule has 1 aliphatic rings. The normalized spacial score (nSPS) is 15.7. The minimum atomic E-state index is -0.146. The quantitative estimate of drug-likeness (QED) is 0.521. The minimum Gasteiger partial charge on any atom is -0.398 e. The van der Waals surface area contributed by atoms with E-state index in [-0.39, 0.29) is 18.6 Å². The number of terminal acetylenes is 1. The fraction of sp³-hybridized carbons (Fsp3) is 0.250. The summed E-state index contributed by atoms with van der Waals surface area (Å²) >= 11 is 0. The van der Waals surface area contributed by atoms with Gasteiger partial charge in [-0.3, -0.25) is 9.48 Å². The lowest BCUT2D eigenvalue weighted by atomic mass is 10.00. The molecule has 152 valence electrons. The van der Waals surface area contributed by atoms with Crippen LogP contribution >= 0.6 is 0 Å². The predicted molar refractivity (Wildman–Crippen MR) is 117 cm³/mol. The molecule has 1 aliphatic heterocycles. The first-order valence-electron chi connectivity index (χ1n) is 9.86. The lowest BCUT2D eigenvalue weighted by Crippen LogP contribution is -2.41. The van der Waals surface area contributed by atoms with E-state index in [0.29, 0.717) is 41.3 Å². The van der Waals surface area contributed by atoms with Gasteiger partial charge in [0.1, 0.15) is 5.69 Å². The van der Waals surface area contributed by atoms with Gasteiger partial charge in [0.25, 0.3) is 5.91 Å². The number of anilines is 1. The number of aromatic nitrogens is 2. The maximum atomic E-state index is 13.2. The second kappa shape index (κ2) is 7.69. The molecule has 0 saturated carbocycles. The molecule has 30 heavy (non-hydrogen) atoms. The van der Waals surface area contributed by atoms with Gasteiger partial charge in [0.15, 0.2) is 0 Å². The molecule has 0 fully saturated rings. The number of aryl methyl sites for hydroxylation is 1. The Bertz CT molecular complexity index is 1160. The van der Waals surface area contributed by atoms with E-state index >= 15 is 0 Å². The molecule has 1 amide bonds. The summed E-state index contributed by atoms with van der Waals surface area (Å²) in [6.45, 7) is 4.87. The maximum absolute atomic E-state index is 13.2. The lowest BCUT2D eigenvalue weighted by Gasteiger charge is -2.31. The molecule has 0 aliphatic carbocycles. The fourth-order valence-electron chi connectivity index (χ4n) is 4.05. The van der Waals surface area contributed by atoms with E-state index < -0.39 is 0 Å². The van der Waals surface area contributed by atoms with E-state index in [1.165, 1.54) is 0 Å². The van der Waals surface area contributed by atoms with E-state index in [1.807, 2.05) is 55.1 Å². The second-order valence-electron chi connectivity index (χ2n) is 7.78. The minimum absolute atomic E-state index is 0.0145. The van der Waals surface area contributed by atoms with E-state index in [4.69, 9.17) is 12.2 Å². The van der Waals surface area contributed by atoms with Crippen LogP contribution in [0.25, 0.3) is 11.3 Å². The molecule has 3 aromatic rings. The van der Waals surface area contributed by atoms with E-state index in [9.17, 15) is 9.90 Å². The first kappa shape index (κ1) is 19.7. The summed E-state index contributed by atoms with van der Waals surface area (Å²) in [5.74, 6) is 2.52. The predicted octanol–water partition coefficient (Wildman–Crippen LogP) is 3.13. The molecule has 0 bridgehead atoms. The summed E-state index contributed by atoms with van der Waals surface area (Å²) in [6, 6.07) is 13.2. The number of aliphatic hydroxyl groups excluding tert-OH is 1. The van der Waals surface area contributed by atoms with Crippen molar-refractivity contribution in [3.8, 4) is 23.6 Å². The Kier molecular flexibility index (Phi) is 5.06. The van der Waals surface area contributed by atoms with E-state index in [1.54, 1.807) is 10.7 Å². The van der Waals surface area contributed by atoms with Crippen LogP contribution in [-0.4, -0.2) is 32.2 Å². The molecule has 6 nitrogen and oxygen atoms in total. The molecule has 4 rings (SSSR count). The summed E-state index contributed by atoms with van der Waals surface area (Å²) in [5, 5.41) is 14.5. The van der Waals surface area contributed by atoms with Crippen molar-refractivity contribution < 1.29 is 9.90 Å². The van der Waals surface area contributed by atoms with Gasteiger partial charge >= 0.3 is 0 Å². The number of nitrogen functional groups attached to an aromatic ring is 1. The Balaban J connectivity index is 1.68. The highest BCUT2D eigenvalue weighted by atomic mass is 16.3. The molecule has 2 aromatic carbocycles. The van der Waals surface area contributed by atoms with Gasteiger partial charge in [-0.05, 0) is 54.8 Å². The molecule has 1 atom stereocenters. The summed E-state index contributed by atoms with van der Waals surface area (Å²) in [4.78, 5) is 15.0. The van der Waals surface area contributed by atoms with Gasteiger partial charge in [0.2, 0.25) is 0 Å². The van der Waals surface area contributed by atoms with Gasteiger partial charge in [-0.2, -0.15) is 5.10 Å². The van der Waals surface area contributed by atoms with Gasteiger partial charge in [0, 0.05) is 29.9 Å². The molecule has 2 heterocycles. The van der Waals surface area contributed by atoms with Crippen molar-refractivity contribution in [1.82, 2.24) is 14.7 Å². The number of rotatable bonds is 4. The number of fused-ring (bicyclic) bond motifs is 1. The van der Waals surface area contributed by atoms with Crippen molar-refractivity contribution in [2.24, 2.45) is 0 Å². The number of hydrogen-bond acceptors (Lipinski definition) is 4. The third-order valence-electron chi connectivity index (χ3n) is 5.46. The number of nitrogens with two attached hydrogens (primary N) is 1. The van der Waals surface area contributed by atoms with E-state index in [0.717, 1.165) is 16.7 Å². The zero-order valence-electron chi connectivity index (χ0n) is 17.1. The number of carbonyl (C=O) groups excluding carboxylic acids is 1. The van der Waals surface area contributed by atoms with Gasteiger partial charge in [-0.25, -0.2) is 0 Å². The van der Waals surface area contributed by atoms with Crippen molar-refractivity contribution >= 4 is 11.6 Å². The highest BCUT2D eigenvalue weighted by Gasteiger charge is 2.31. The smallest absolute Gasteiger partial charge is 0.272 e. The van der Waals surface area contributed by atoms with Crippen LogP contribution in [0.3, 0.4) is 0 Å². The molecule has 6 heteroatoms. The Labute approximate surface area is 175 Å². The number of hydrogen-bond donors (Lipinski definition) is 2. The molecule has 0 saturated heterocycles. The number of benzene rings is 2. The SMILES string of the molecule is C#Cc1ccc(CN2CC(C)n3nc(-c4c(N)cc(C)cc4CO)cc3C2=O)cc1. The summed E-state index contributed by atoms with van der Waals surface area (Å²) in [5.41, 5.74) is 12.1. The summed E-state index contributed by atoms with van der Waals surface area (Å²) < 4.78 is 1.76. The zero-order valence-corrected chi connectivity index (χ0v) is 17.1. The van der Waals surface area contributed by atoms with Crippen LogP contribution in [0.4, 0.5) is 5.69 Å². The first-order chi connectivity index (χ1) is 14.4. The average Bonchev–Trinajstić information content (AvgIpc) is 3.17. The molecular formula is C24H24N4O2. The largest absolute Gasteiger partial charge is 0.398 e. The van der Waals surface area contributed by atoms with Gasteiger partial charge in [0.05, 0.1) is 18.3 Å². The number of nitrogens with zero attached hydrogens (tertiary/aromatic N) is 3. The van der Waals surface area contributed by atoms with Crippen molar-refractivity contribution in [3.63, 3.8) is 0 Å². The molecule has 1 unspecified atom stereocenters. The third-order valence-corrected chi connectivity index (χ3v) is 5.46. The topological polar surface area (TPSA) is 84.4 Å². The lowest BCUT2D eigenvalue weighted by molar-refractivity contribution is 0.0651. The Morgan fingerprint density at radius 3 is 2.67 bits per heavy atom. The van der Waals surface area contributed by atoms with Crippen molar-refractivity contribution in [2.75, 3.05) is 12.3 Å². The van der Waals surface area contributed by atoms with Crippen LogP contribution in [0.1, 0.15) is 45.7 Å². The Morgan fingerprint density at radius 2 is 2.00 bits per heavy atom. The van der Waals surface area contributed by atoms with Crippen LogP contribution in [-0.2, 0) is 13.2 Å². The van der Waals surface area contributed by atoms with Gasteiger partial charge < -0.3 is 15.7 Å². The zero-order chi connectivity index (χ0) is 21.4. The number of amides is 1. The second-order valence-corrected chi connectivity index (χ2v) is 7.78. The highest BCUT2D eigenvalue weighted by molar-refractivity contribution is 5.95. The maximum Gasteiger partial charge on any atom is 0.272 e. The van der Waals surface area contributed by atoms with Crippen LogP contribution in [0.5, 0.6) is 0 Å². The van der Waals surface area contributed by atoms with Gasteiger partial charge in [-0.15, -0.1) is 6.42 Å². The van der Waals surface area contributed by atoms with E-state index in [2.05, 4.69) is 11.0 Å². The van der Waals surface area contributed by atoms with Crippen LogP contribution in [0, 0.1) is 19.3 Å². The van der Waals surface area contributed by atoms with Crippen LogP contribution < -0.4 is 5.73 Å². The number of aliphatic hydroxyl groups is 1. The van der Waals surface area contributed by atoms with Crippen molar-refractivity contribution in [3.05, 3.63) is 70.4 Å². The Hall–Kier alpha value is -3.56. The summed E-state index contributed by atoms with van der Waals surface area (Å²) in [7, 11) is 0. The number of carbonyl (C=O) groups is 1. The van der Waals surface area contributed by atoms with Crippen molar-refractivity contribution in [2.45, 2.75) is 33.0 Å². The highest BCUT2D eigenvalue weighted by Crippen LogP contribution is 2.33. The Morgan fingerprint density at radius 1 is 1.27 bits per heavy atom. The molecular weight excluding hydrogens is 376 g/mol. The monoisotopic (exact) mass is 400 g/mol. The van der Waals surface area contributed by atoms with Crippen LogP contribution in [0.2, 0.25) is 0 Å². The molecule has 0 radical (unpaired) electrons.